The van der Waals surface area contributed by atoms with Crippen molar-refractivity contribution in [2.24, 2.45) is 0 Å². The first-order chi connectivity index (χ1) is 16.6. The SMILES string of the molecule is COC(=O)c1coc(-c2coc(-c3cccc(-c4nc(-c5nc(C(=O)OC)co5)cs4)n3)n2)n1. The summed E-state index contributed by atoms with van der Waals surface area (Å²) in [7, 11) is 2.51. The molecule has 0 amide bonds. The zero-order chi connectivity index (χ0) is 23.7. The number of thiazole rings is 1. The fraction of sp³-hybridized carbons (Fsp3) is 0.0952. The van der Waals surface area contributed by atoms with E-state index >= 15 is 0 Å². The van der Waals surface area contributed by atoms with Gasteiger partial charge in [0.15, 0.2) is 17.1 Å². The number of nitrogens with zero attached hydrogens (tertiary/aromatic N) is 5. The van der Waals surface area contributed by atoms with E-state index in [4.69, 9.17) is 13.3 Å². The number of aromatic nitrogens is 5. The molecule has 5 aromatic rings. The van der Waals surface area contributed by atoms with Crippen molar-refractivity contribution in [3.8, 4) is 45.5 Å². The molecule has 0 saturated carbocycles. The molecule has 0 bridgehead atoms. The van der Waals surface area contributed by atoms with Crippen LogP contribution in [0.4, 0.5) is 0 Å². The van der Waals surface area contributed by atoms with Crippen LogP contribution in [0.5, 0.6) is 0 Å². The van der Waals surface area contributed by atoms with Crippen molar-refractivity contribution in [2.75, 3.05) is 14.2 Å². The molecule has 13 heteroatoms. The number of methoxy groups -OCH3 is 2. The summed E-state index contributed by atoms with van der Waals surface area (Å²) in [4.78, 5) is 44.7. The molecule has 0 spiro atoms. The van der Waals surface area contributed by atoms with Crippen LogP contribution in [0.1, 0.15) is 21.0 Å². The van der Waals surface area contributed by atoms with Gasteiger partial charge in [-0.15, -0.1) is 11.3 Å². The molecule has 0 N–H and O–H groups in total. The van der Waals surface area contributed by atoms with Crippen LogP contribution in [0.2, 0.25) is 0 Å². The van der Waals surface area contributed by atoms with Gasteiger partial charge in [0.1, 0.15) is 35.2 Å². The van der Waals surface area contributed by atoms with Crippen LogP contribution < -0.4 is 0 Å². The van der Waals surface area contributed by atoms with E-state index in [-0.39, 0.29) is 29.1 Å². The minimum Gasteiger partial charge on any atom is -0.464 e. The van der Waals surface area contributed by atoms with Gasteiger partial charge in [0.2, 0.25) is 17.7 Å². The summed E-state index contributed by atoms with van der Waals surface area (Å²) in [6.45, 7) is 0. The molecule has 34 heavy (non-hydrogen) atoms. The molecule has 12 nitrogen and oxygen atoms in total. The lowest BCUT2D eigenvalue weighted by Gasteiger charge is -1.98. The van der Waals surface area contributed by atoms with Crippen LogP contribution in [-0.4, -0.2) is 51.1 Å². The minimum atomic E-state index is -0.623. The van der Waals surface area contributed by atoms with Crippen molar-refractivity contribution in [3.05, 3.63) is 53.8 Å². The lowest BCUT2D eigenvalue weighted by molar-refractivity contribution is 0.0585. The Balaban J connectivity index is 1.39. The second-order valence-electron chi connectivity index (χ2n) is 6.54. The number of hydrogen-bond donors (Lipinski definition) is 0. The van der Waals surface area contributed by atoms with E-state index in [1.54, 1.807) is 23.6 Å². The highest BCUT2D eigenvalue weighted by Gasteiger charge is 2.19. The van der Waals surface area contributed by atoms with E-state index in [0.29, 0.717) is 27.8 Å². The molecule has 0 saturated heterocycles. The van der Waals surface area contributed by atoms with E-state index in [1.165, 1.54) is 44.3 Å². The maximum Gasteiger partial charge on any atom is 0.360 e. The summed E-state index contributed by atoms with van der Waals surface area (Å²) < 4.78 is 25.4. The molecular weight excluding hydrogens is 466 g/mol. The predicted octanol–water partition coefficient (Wildman–Crippen LogP) is 3.74. The largest absolute Gasteiger partial charge is 0.464 e. The zero-order valence-electron chi connectivity index (χ0n) is 17.5. The van der Waals surface area contributed by atoms with E-state index < -0.39 is 11.9 Å². The Morgan fingerprint density at radius 3 is 1.97 bits per heavy atom. The summed E-state index contributed by atoms with van der Waals surface area (Å²) in [6.07, 6.45) is 3.73. The molecule has 5 heterocycles. The van der Waals surface area contributed by atoms with Crippen molar-refractivity contribution >= 4 is 23.3 Å². The second-order valence-corrected chi connectivity index (χ2v) is 7.40. The van der Waals surface area contributed by atoms with E-state index in [2.05, 4.69) is 34.4 Å². The highest BCUT2D eigenvalue weighted by Crippen LogP contribution is 2.30. The van der Waals surface area contributed by atoms with Gasteiger partial charge in [-0.2, -0.15) is 0 Å². The quantitative estimate of drug-likeness (QED) is 0.325. The highest BCUT2D eigenvalue weighted by molar-refractivity contribution is 7.13. The summed E-state index contributed by atoms with van der Waals surface area (Å²) in [5, 5.41) is 2.33. The molecule has 0 aliphatic rings. The standard InChI is InChI=1S/C21H13N5O7S/c1-29-20(27)13-7-32-17(24-13)12-6-31-16(23-12)10-4-3-5-11(22-10)19-26-15(9-34-19)18-25-14(8-33-18)21(28)30-2/h3-9H,1-2H3. The minimum absolute atomic E-state index is 0.0199. The number of pyridine rings is 1. The van der Waals surface area contributed by atoms with Gasteiger partial charge in [-0.1, -0.05) is 6.07 Å². The summed E-state index contributed by atoms with van der Waals surface area (Å²) in [6, 6.07) is 5.28. The van der Waals surface area contributed by atoms with Gasteiger partial charge in [-0.05, 0) is 12.1 Å². The van der Waals surface area contributed by atoms with Crippen molar-refractivity contribution in [1.82, 2.24) is 24.9 Å². The Kier molecular flexibility index (Phi) is 5.43. The van der Waals surface area contributed by atoms with Crippen molar-refractivity contribution in [2.45, 2.75) is 0 Å². The van der Waals surface area contributed by atoms with Crippen molar-refractivity contribution in [3.63, 3.8) is 0 Å². The van der Waals surface area contributed by atoms with Gasteiger partial charge < -0.3 is 22.7 Å². The predicted molar refractivity (Wildman–Crippen MR) is 115 cm³/mol. The molecule has 0 aliphatic heterocycles. The summed E-state index contributed by atoms with van der Waals surface area (Å²) in [5.41, 5.74) is 1.83. The van der Waals surface area contributed by atoms with Gasteiger partial charge in [-0.25, -0.2) is 34.5 Å². The summed E-state index contributed by atoms with van der Waals surface area (Å²) >= 11 is 1.32. The van der Waals surface area contributed by atoms with Gasteiger partial charge >= 0.3 is 11.9 Å². The molecule has 5 rings (SSSR count). The van der Waals surface area contributed by atoms with Crippen LogP contribution in [0.25, 0.3) is 45.5 Å². The molecule has 0 unspecified atom stereocenters. The summed E-state index contributed by atoms with van der Waals surface area (Å²) in [5.74, 6) is -0.706. The normalized spacial score (nSPS) is 10.9. The Labute approximate surface area is 194 Å². The van der Waals surface area contributed by atoms with E-state index in [1.807, 2.05) is 0 Å². The third kappa shape index (κ3) is 3.95. The second kappa shape index (κ2) is 8.71. The maximum atomic E-state index is 11.6. The molecule has 0 radical (unpaired) electrons. The van der Waals surface area contributed by atoms with Crippen molar-refractivity contribution in [1.29, 1.82) is 0 Å². The Morgan fingerprint density at radius 2 is 1.29 bits per heavy atom. The molecule has 0 fully saturated rings. The first-order valence-corrected chi connectivity index (χ1v) is 10.4. The van der Waals surface area contributed by atoms with E-state index in [9.17, 15) is 9.59 Å². The number of hydrogen-bond acceptors (Lipinski definition) is 13. The van der Waals surface area contributed by atoms with E-state index in [0.717, 1.165) is 0 Å². The highest BCUT2D eigenvalue weighted by atomic mass is 32.1. The molecule has 0 aliphatic carbocycles. The topological polar surface area (TPSA) is 156 Å². The average Bonchev–Trinajstić information content (AvgIpc) is 3.68. The molecule has 170 valence electrons. The maximum absolute atomic E-state index is 11.6. The number of carbonyl (C=O) groups is 2. The van der Waals surface area contributed by atoms with Gasteiger partial charge in [0.25, 0.3) is 0 Å². The number of carbonyl (C=O) groups excluding carboxylic acids is 2. The lowest BCUT2D eigenvalue weighted by Crippen LogP contribution is -2.00. The molecular formula is C21H13N5O7S. The fourth-order valence-electron chi connectivity index (χ4n) is 2.83. The average molecular weight is 479 g/mol. The Morgan fingerprint density at radius 1 is 0.706 bits per heavy atom. The number of rotatable bonds is 6. The Bertz CT molecular complexity index is 1390. The van der Waals surface area contributed by atoms with Crippen LogP contribution in [-0.2, 0) is 9.47 Å². The van der Waals surface area contributed by atoms with Crippen LogP contribution >= 0.6 is 11.3 Å². The third-order valence-electron chi connectivity index (χ3n) is 4.43. The number of oxazole rings is 3. The molecule has 5 aromatic heterocycles. The van der Waals surface area contributed by atoms with Crippen LogP contribution in [0.15, 0.2) is 55.6 Å². The van der Waals surface area contributed by atoms with Crippen LogP contribution in [0, 0.1) is 0 Å². The zero-order valence-corrected chi connectivity index (χ0v) is 18.4. The first-order valence-electron chi connectivity index (χ1n) is 9.53. The monoisotopic (exact) mass is 479 g/mol. The lowest BCUT2D eigenvalue weighted by atomic mass is 10.3. The molecule has 0 atom stereocenters. The van der Waals surface area contributed by atoms with Crippen LogP contribution in [0.3, 0.4) is 0 Å². The number of ether oxygens (including phenoxy) is 2. The number of esters is 2. The Hall–Kier alpha value is -4.65. The fourth-order valence-corrected chi connectivity index (χ4v) is 3.59. The van der Waals surface area contributed by atoms with Gasteiger partial charge in [0, 0.05) is 5.38 Å². The van der Waals surface area contributed by atoms with Crippen molar-refractivity contribution < 1.29 is 32.3 Å². The smallest absolute Gasteiger partial charge is 0.360 e. The van der Waals surface area contributed by atoms with Gasteiger partial charge in [-0.3, -0.25) is 0 Å². The van der Waals surface area contributed by atoms with Gasteiger partial charge in [0.05, 0.1) is 19.9 Å². The third-order valence-corrected chi connectivity index (χ3v) is 5.30. The molecule has 0 aromatic carbocycles. The first kappa shape index (κ1) is 21.2.